The second-order valence-electron chi connectivity index (χ2n) is 7.78. The van der Waals surface area contributed by atoms with Crippen molar-refractivity contribution >= 4 is 57.6 Å². The molecule has 3 aromatic rings. The number of nitrogens with zero attached hydrogens (tertiary/aromatic N) is 2. The summed E-state index contributed by atoms with van der Waals surface area (Å²) in [5, 5.41) is 0.439. The van der Waals surface area contributed by atoms with Gasteiger partial charge in [-0.2, -0.15) is 0 Å². The third kappa shape index (κ3) is 4.96. The summed E-state index contributed by atoms with van der Waals surface area (Å²) in [7, 11) is 1.58. The number of ether oxygens (including phenoxy) is 3. The molecular weight excluding hydrogens is 615 g/mol. The zero-order valence-corrected chi connectivity index (χ0v) is 23.9. The SMILES string of the molecule is CCOC(=O)C1=C(C)N=c2s/c(=C\c3cc(I)cc(OC)c3OCC)c(=O)n2[C@H]1c1ccccc1Cl. The highest BCUT2D eigenvalue weighted by Gasteiger charge is 2.34. The highest BCUT2D eigenvalue weighted by Crippen LogP contribution is 2.35. The van der Waals surface area contributed by atoms with E-state index in [0.29, 0.717) is 49.3 Å². The quantitative estimate of drug-likeness (QED) is 0.282. The molecule has 0 unspecified atom stereocenters. The van der Waals surface area contributed by atoms with Gasteiger partial charge in [0.05, 0.1) is 36.1 Å². The van der Waals surface area contributed by atoms with Gasteiger partial charge in [-0.05, 0) is 73.2 Å². The first-order valence-corrected chi connectivity index (χ1v) is 13.5. The molecule has 0 radical (unpaired) electrons. The third-order valence-corrected chi connectivity index (χ3v) is 7.51. The number of thiazole rings is 1. The molecule has 0 saturated carbocycles. The maximum atomic E-state index is 13.8. The normalized spacial score (nSPS) is 15.4. The predicted molar refractivity (Wildman–Crippen MR) is 149 cm³/mol. The van der Waals surface area contributed by atoms with Crippen LogP contribution in [0.15, 0.2) is 57.5 Å². The van der Waals surface area contributed by atoms with Gasteiger partial charge in [-0.1, -0.05) is 41.1 Å². The minimum absolute atomic E-state index is 0.198. The minimum Gasteiger partial charge on any atom is -0.493 e. The zero-order chi connectivity index (χ0) is 26.0. The lowest BCUT2D eigenvalue weighted by Gasteiger charge is -2.25. The molecule has 36 heavy (non-hydrogen) atoms. The van der Waals surface area contributed by atoms with Gasteiger partial charge in [0, 0.05) is 14.2 Å². The van der Waals surface area contributed by atoms with Crippen molar-refractivity contribution in [3.05, 3.63) is 87.1 Å². The average molecular weight is 639 g/mol. The van der Waals surface area contributed by atoms with E-state index in [0.717, 1.165) is 3.57 Å². The third-order valence-electron chi connectivity index (χ3n) is 5.56. The van der Waals surface area contributed by atoms with Crippen LogP contribution >= 0.6 is 45.5 Å². The number of esters is 1. The van der Waals surface area contributed by atoms with Crippen LogP contribution in [0.4, 0.5) is 0 Å². The molecule has 2 aromatic carbocycles. The zero-order valence-electron chi connectivity index (χ0n) is 20.1. The van der Waals surface area contributed by atoms with Crippen LogP contribution in [0, 0.1) is 3.57 Å². The van der Waals surface area contributed by atoms with E-state index < -0.39 is 12.0 Å². The Bertz CT molecular complexity index is 1540. The molecule has 1 aromatic heterocycles. The molecule has 1 aliphatic heterocycles. The number of fused-ring (bicyclic) bond motifs is 1. The van der Waals surface area contributed by atoms with Crippen LogP contribution in [0.3, 0.4) is 0 Å². The van der Waals surface area contributed by atoms with Gasteiger partial charge >= 0.3 is 5.97 Å². The molecule has 188 valence electrons. The van der Waals surface area contributed by atoms with Crippen LogP contribution in [0.25, 0.3) is 6.08 Å². The van der Waals surface area contributed by atoms with Gasteiger partial charge in [-0.15, -0.1) is 0 Å². The first-order valence-electron chi connectivity index (χ1n) is 11.2. The molecule has 7 nitrogen and oxygen atoms in total. The monoisotopic (exact) mass is 638 g/mol. The number of aromatic nitrogens is 1. The Kier molecular flexibility index (Phi) is 8.21. The van der Waals surface area contributed by atoms with Crippen molar-refractivity contribution in [3.8, 4) is 11.5 Å². The van der Waals surface area contributed by atoms with Crippen LogP contribution in [-0.2, 0) is 9.53 Å². The molecule has 0 bridgehead atoms. The Morgan fingerprint density at radius 2 is 2.00 bits per heavy atom. The van der Waals surface area contributed by atoms with E-state index >= 15 is 0 Å². The fourth-order valence-electron chi connectivity index (χ4n) is 4.07. The van der Waals surface area contributed by atoms with Crippen LogP contribution < -0.4 is 24.4 Å². The lowest BCUT2D eigenvalue weighted by atomic mass is 9.96. The van der Waals surface area contributed by atoms with Gasteiger partial charge in [0.15, 0.2) is 16.3 Å². The molecule has 0 amide bonds. The highest BCUT2D eigenvalue weighted by atomic mass is 127. The van der Waals surface area contributed by atoms with E-state index in [2.05, 4.69) is 27.6 Å². The van der Waals surface area contributed by atoms with Crippen molar-refractivity contribution in [2.24, 2.45) is 4.99 Å². The van der Waals surface area contributed by atoms with E-state index in [4.69, 9.17) is 25.8 Å². The van der Waals surface area contributed by atoms with Crippen LogP contribution in [-0.4, -0.2) is 30.9 Å². The van der Waals surface area contributed by atoms with Crippen molar-refractivity contribution in [2.45, 2.75) is 26.8 Å². The fourth-order valence-corrected chi connectivity index (χ4v) is 5.97. The molecular formula is C26H24ClIN2O5S. The fraction of sp³-hybridized carbons (Fsp3) is 0.269. The van der Waals surface area contributed by atoms with Crippen molar-refractivity contribution in [1.82, 2.24) is 4.57 Å². The molecule has 0 saturated heterocycles. The van der Waals surface area contributed by atoms with Crippen molar-refractivity contribution in [3.63, 3.8) is 0 Å². The van der Waals surface area contributed by atoms with Crippen LogP contribution in [0.1, 0.15) is 37.9 Å². The van der Waals surface area contributed by atoms with Crippen molar-refractivity contribution in [2.75, 3.05) is 20.3 Å². The highest BCUT2D eigenvalue weighted by molar-refractivity contribution is 14.1. The van der Waals surface area contributed by atoms with Gasteiger partial charge in [-0.3, -0.25) is 9.36 Å². The van der Waals surface area contributed by atoms with E-state index in [9.17, 15) is 9.59 Å². The lowest BCUT2D eigenvalue weighted by Crippen LogP contribution is -2.40. The van der Waals surface area contributed by atoms with Gasteiger partial charge in [0.2, 0.25) is 0 Å². The van der Waals surface area contributed by atoms with E-state index in [-0.39, 0.29) is 17.7 Å². The molecule has 0 N–H and O–H groups in total. The van der Waals surface area contributed by atoms with E-state index in [1.165, 1.54) is 15.9 Å². The smallest absolute Gasteiger partial charge is 0.338 e. The number of hydrogen-bond donors (Lipinski definition) is 0. The summed E-state index contributed by atoms with van der Waals surface area (Å²) in [6, 6.07) is 10.2. The van der Waals surface area contributed by atoms with E-state index in [1.54, 1.807) is 45.2 Å². The molecule has 1 aliphatic rings. The first kappa shape index (κ1) is 26.4. The summed E-state index contributed by atoms with van der Waals surface area (Å²) in [5.74, 6) is 0.605. The topological polar surface area (TPSA) is 79.1 Å². The summed E-state index contributed by atoms with van der Waals surface area (Å²) in [4.78, 5) is 31.9. The Morgan fingerprint density at radius 3 is 2.67 bits per heavy atom. The summed E-state index contributed by atoms with van der Waals surface area (Å²) in [6.45, 7) is 6.00. The number of carbonyl (C=O) groups is 1. The number of carbonyl (C=O) groups excluding carboxylic acids is 1. The largest absolute Gasteiger partial charge is 0.493 e. The van der Waals surface area contributed by atoms with Gasteiger partial charge in [0.25, 0.3) is 5.56 Å². The Labute approximate surface area is 230 Å². The Hall–Kier alpha value is -2.63. The van der Waals surface area contributed by atoms with Crippen molar-refractivity contribution in [1.29, 1.82) is 0 Å². The number of hydrogen-bond acceptors (Lipinski definition) is 7. The van der Waals surface area contributed by atoms with Gasteiger partial charge < -0.3 is 14.2 Å². The second kappa shape index (κ2) is 11.2. The minimum atomic E-state index is -0.770. The number of methoxy groups -OCH3 is 1. The molecule has 4 rings (SSSR count). The summed E-state index contributed by atoms with van der Waals surface area (Å²) in [5.41, 5.74) is 1.81. The second-order valence-corrected chi connectivity index (χ2v) is 10.4. The number of benzene rings is 2. The first-order chi connectivity index (χ1) is 17.3. The molecule has 2 heterocycles. The van der Waals surface area contributed by atoms with Crippen LogP contribution in [0.2, 0.25) is 5.02 Å². The molecule has 1 atom stereocenters. The molecule has 0 spiro atoms. The molecule has 0 aliphatic carbocycles. The van der Waals surface area contributed by atoms with Gasteiger partial charge in [0.1, 0.15) is 6.04 Å². The summed E-state index contributed by atoms with van der Waals surface area (Å²) >= 11 is 9.99. The number of rotatable bonds is 7. The average Bonchev–Trinajstić information content (AvgIpc) is 3.14. The molecule has 0 fully saturated rings. The maximum Gasteiger partial charge on any atom is 0.338 e. The van der Waals surface area contributed by atoms with Crippen LogP contribution in [0.5, 0.6) is 11.5 Å². The summed E-state index contributed by atoms with van der Waals surface area (Å²) in [6.07, 6.45) is 1.77. The number of allylic oxidation sites excluding steroid dienone is 1. The predicted octanol–water partition coefficient (Wildman–Crippen LogP) is 4.46. The lowest BCUT2D eigenvalue weighted by molar-refractivity contribution is -0.139. The summed E-state index contributed by atoms with van der Waals surface area (Å²) < 4.78 is 19.6. The van der Waals surface area contributed by atoms with Crippen molar-refractivity contribution < 1.29 is 19.0 Å². The molecule has 10 heteroatoms. The standard InChI is InChI=1S/C26H24ClIN2O5S/c1-5-34-23-15(11-16(28)13-19(23)33-4)12-20-24(31)30-22(17-9-7-8-10-18(17)27)21(25(32)35-6-2)14(3)29-26(30)36-20/h7-13,22H,5-6H2,1-4H3/b20-12-/t22-/m0/s1. The maximum absolute atomic E-state index is 13.8. The number of halogens is 2. The Morgan fingerprint density at radius 1 is 1.25 bits per heavy atom. The van der Waals surface area contributed by atoms with Gasteiger partial charge in [-0.25, -0.2) is 9.79 Å². The van der Waals surface area contributed by atoms with E-state index in [1.807, 2.05) is 25.1 Å². The Balaban J connectivity index is 2.00.